The molecule has 0 saturated heterocycles. The van der Waals surface area contributed by atoms with Gasteiger partial charge in [0.25, 0.3) is 0 Å². The molecule has 0 aliphatic rings. The van der Waals surface area contributed by atoms with Crippen LogP contribution in [-0.4, -0.2) is 40.3 Å². The van der Waals surface area contributed by atoms with Gasteiger partial charge in [-0.15, -0.1) is 5.10 Å². The highest BCUT2D eigenvalue weighted by atomic mass is 32.2. The molecule has 0 saturated carbocycles. The maximum Gasteiger partial charge on any atom is 0.239 e. The van der Waals surface area contributed by atoms with Gasteiger partial charge in [0.1, 0.15) is 11.5 Å². The summed E-state index contributed by atoms with van der Waals surface area (Å²) in [6, 6.07) is 16.2. The molecule has 0 radical (unpaired) electrons. The predicted molar refractivity (Wildman–Crippen MR) is 101 cm³/mol. The summed E-state index contributed by atoms with van der Waals surface area (Å²) >= 11 is 0. The Morgan fingerprint density at radius 3 is 2.44 bits per heavy atom. The first kappa shape index (κ1) is 18.7. The van der Waals surface area contributed by atoms with Crippen molar-refractivity contribution in [3.8, 4) is 5.69 Å². The average Bonchev–Trinajstić information content (AvgIpc) is 3.09. The minimum Gasteiger partial charge on any atom is -0.325 e. The van der Waals surface area contributed by atoms with Gasteiger partial charge >= 0.3 is 0 Å². The quantitative estimate of drug-likeness (QED) is 0.664. The van der Waals surface area contributed by atoms with Gasteiger partial charge < -0.3 is 5.32 Å². The van der Waals surface area contributed by atoms with Gasteiger partial charge in [-0.1, -0.05) is 37.3 Å². The van der Waals surface area contributed by atoms with Gasteiger partial charge in [-0.25, -0.2) is 8.42 Å². The normalized spacial score (nSPS) is 11.3. The van der Waals surface area contributed by atoms with E-state index in [1.54, 1.807) is 36.4 Å². The van der Waals surface area contributed by atoms with E-state index in [4.69, 9.17) is 0 Å². The fourth-order valence-corrected chi connectivity index (χ4v) is 3.68. The number of sulfone groups is 1. The molecule has 0 atom stereocenters. The number of hydrogen-bond acceptors (Lipinski definition) is 6. The van der Waals surface area contributed by atoms with Gasteiger partial charge in [0.15, 0.2) is 15.7 Å². The zero-order valence-electron chi connectivity index (χ0n) is 14.7. The number of aryl methyl sites for hydroxylation is 1. The number of amides is 1. The minimum absolute atomic E-state index is 0.154. The summed E-state index contributed by atoms with van der Waals surface area (Å²) in [5.41, 5.74) is 2.34. The van der Waals surface area contributed by atoms with Crippen molar-refractivity contribution in [3.05, 3.63) is 66.0 Å². The highest BCUT2D eigenvalue weighted by molar-refractivity contribution is 7.91. The van der Waals surface area contributed by atoms with E-state index in [-0.39, 0.29) is 5.82 Å². The van der Waals surface area contributed by atoms with Crippen molar-refractivity contribution in [3.63, 3.8) is 0 Å². The first-order chi connectivity index (χ1) is 13.0. The molecule has 3 aromatic rings. The van der Waals surface area contributed by atoms with E-state index in [1.165, 1.54) is 4.68 Å². The van der Waals surface area contributed by atoms with Crippen molar-refractivity contribution in [2.75, 3.05) is 11.1 Å². The summed E-state index contributed by atoms with van der Waals surface area (Å²) < 4.78 is 26.2. The van der Waals surface area contributed by atoms with Crippen LogP contribution in [0.25, 0.3) is 5.69 Å². The van der Waals surface area contributed by atoms with Crippen LogP contribution in [0.3, 0.4) is 0 Å². The molecule has 0 bridgehead atoms. The molecule has 140 valence electrons. The molecule has 0 unspecified atom stereocenters. The van der Waals surface area contributed by atoms with Gasteiger partial charge in [-0.05, 0) is 46.7 Å². The van der Waals surface area contributed by atoms with Crippen molar-refractivity contribution in [1.82, 2.24) is 20.2 Å². The molecule has 0 fully saturated rings. The van der Waals surface area contributed by atoms with Crippen molar-refractivity contribution in [2.45, 2.75) is 19.1 Å². The Balaban J connectivity index is 1.67. The molecule has 1 amide bonds. The van der Waals surface area contributed by atoms with Gasteiger partial charge in [0.2, 0.25) is 5.91 Å². The lowest BCUT2D eigenvalue weighted by molar-refractivity contribution is -0.113. The fraction of sp³-hybridized carbons (Fsp3) is 0.222. The van der Waals surface area contributed by atoms with E-state index < -0.39 is 27.3 Å². The lowest BCUT2D eigenvalue weighted by Crippen LogP contribution is -2.25. The third-order valence-electron chi connectivity index (χ3n) is 3.88. The van der Waals surface area contributed by atoms with E-state index in [1.807, 2.05) is 25.1 Å². The number of benzene rings is 2. The highest BCUT2D eigenvalue weighted by Crippen LogP contribution is 2.12. The Morgan fingerprint density at radius 1 is 1.07 bits per heavy atom. The number of aromatic nitrogens is 4. The molecule has 9 heteroatoms. The van der Waals surface area contributed by atoms with Crippen molar-refractivity contribution >= 4 is 21.4 Å². The van der Waals surface area contributed by atoms with Crippen molar-refractivity contribution in [1.29, 1.82) is 0 Å². The summed E-state index contributed by atoms with van der Waals surface area (Å²) in [5, 5.41) is 13.7. The highest BCUT2D eigenvalue weighted by Gasteiger charge is 2.22. The maximum atomic E-state index is 12.4. The zero-order valence-corrected chi connectivity index (χ0v) is 15.6. The number of carbonyl (C=O) groups excluding carboxylic acids is 1. The van der Waals surface area contributed by atoms with Gasteiger partial charge in [-0.3, -0.25) is 4.79 Å². The predicted octanol–water partition coefficient (Wildman–Crippen LogP) is 1.78. The standard InChI is InChI=1S/C18H19N5O3S/c1-2-14-8-10-15(11-9-14)19-18(24)13-27(25,26)12-17-20-21-22-23(17)16-6-4-3-5-7-16/h3-11H,2,12-13H2,1H3,(H,19,24). The number of para-hydroxylation sites is 1. The summed E-state index contributed by atoms with van der Waals surface area (Å²) in [7, 11) is -3.74. The second-order valence-electron chi connectivity index (χ2n) is 5.97. The molecule has 3 rings (SSSR count). The summed E-state index contributed by atoms with van der Waals surface area (Å²) in [6.45, 7) is 2.03. The van der Waals surface area contributed by atoms with Crippen LogP contribution in [0.2, 0.25) is 0 Å². The Morgan fingerprint density at radius 2 is 1.78 bits per heavy atom. The molecule has 1 N–H and O–H groups in total. The lowest BCUT2D eigenvalue weighted by atomic mass is 10.1. The van der Waals surface area contributed by atoms with Crippen LogP contribution in [0.1, 0.15) is 18.3 Å². The molecule has 0 aliphatic carbocycles. The maximum absolute atomic E-state index is 12.4. The van der Waals surface area contributed by atoms with E-state index in [9.17, 15) is 13.2 Å². The molecule has 27 heavy (non-hydrogen) atoms. The van der Waals surface area contributed by atoms with Crippen LogP contribution in [-0.2, 0) is 26.8 Å². The first-order valence-corrected chi connectivity index (χ1v) is 10.2. The Hall–Kier alpha value is -3.07. The smallest absolute Gasteiger partial charge is 0.239 e. The van der Waals surface area contributed by atoms with E-state index in [0.29, 0.717) is 11.4 Å². The van der Waals surface area contributed by atoms with Crippen LogP contribution in [0.5, 0.6) is 0 Å². The van der Waals surface area contributed by atoms with E-state index >= 15 is 0 Å². The molecule has 0 spiro atoms. The number of anilines is 1. The topological polar surface area (TPSA) is 107 Å². The number of nitrogens with zero attached hydrogens (tertiary/aromatic N) is 4. The molecule has 0 aliphatic heterocycles. The molecule has 8 nitrogen and oxygen atoms in total. The molecular formula is C18H19N5O3S. The summed E-state index contributed by atoms with van der Waals surface area (Å²) in [5.74, 6) is -1.53. The van der Waals surface area contributed by atoms with Crippen LogP contribution in [0.4, 0.5) is 5.69 Å². The second kappa shape index (κ2) is 8.09. The largest absolute Gasteiger partial charge is 0.325 e. The van der Waals surface area contributed by atoms with Gasteiger partial charge in [-0.2, -0.15) is 4.68 Å². The number of rotatable bonds is 7. The van der Waals surface area contributed by atoms with Crippen LogP contribution >= 0.6 is 0 Å². The molecule has 1 aromatic heterocycles. The van der Waals surface area contributed by atoms with Gasteiger partial charge in [0.05, 0.1) is 5.69 Å². The molecule has 2 aromatic carbocycles. The first-order valence-electron chi connectivity index (χ1n) is 8.39. The number of tetrazole rings is 1. The zero-order chi connectivity index (χ0) is 19.3. The number of nitrogens with one attached hydrogen (secondary N) is 1. The Bertz CT molecular complexity index is 1010. The SMILES string of the molecule is CCc1ccc(NC(=O)CS(=O)(=O)Cc2nnnn2-c2ccccc2)cc1. The summed E-state index contributed by atoms with van der Waals surface area (Å²) in [6.07, 6.45) is 0.888. The Labute approximate surface area is 157 Å². The van der Waals surface area contributed by atoms with Crippen molar-refractivity contribution in [2.24, 2.45) is 0 Å². The third kappa shape index (κ3) is 4.98. The monoisotopic (exact) mass is 385 g/mol. The van der Waals surface area contributed by atoms with Crippen LogP contribution in [0, 0.1) is 0 Å². The molecular weight excluding hydrogens is 366 g/mol. The lowest BCUT2D eigenvalue weighted by Gasteiger charge is -2.07. The summed E-state index contributed by atoms with van der Waals surface area (Å²) in [4.78, 5) is 12.1. The number of carbonyl (C=O) groups is 1. The van der Waals surface area contributed by atoms with Crippen LogP contribution < -0.4 is 5.32 Å². The number of hydrogen-bond donors (Lipinski definition) is 1. The van der Waals surface area contributed by atoms with Gasteiger partial charge in [0, 0.05) is 5.69 Å². The third-order valence-corrected chi connectivity index (χ3v) is 5.28. The Kier molecular flexibility index (Phi) is 5.60. The van der Waals surface area contributed by atoms with E-state index in [2.05, 4.69) is 20.8 Å². The van der Waals surface area contributed by atoms with Crippen molar-refractivity contribution < 1.29 is 13.2 Å². The van der Waals surface area contributed by atoms with Crippen LogP contribution in [0.15, 0.2) is 54.6 Å². The minimum atomic E-state index is -3.74. The van der Waals surface area contributed by atoms with E-state index in [0.717, 1.165) is 12.0 Å². The average molecular weight is 385 g/mol. The second-order valence-corrected chi connectivity index (χ2v) is 8.04. The molecule has 1 heterocycles. The fourth-order valence-electron chi connectivity index (χ4n) is 2.53.